The molecular formula is C22H23I4NO3. The summed E-state index contributed by atoms with van der Waals surface area (Å²) in [5, 5.41) is 9.97. The predicted molar refractivity (Wildman–Crippen MR) is 154 cm³/mol. The fourth-order valence-corrected chi connectivity index (χ4v) is 7.62. The molecule has 1 aliphatic rings. The molecule has 0 unspecified atom stereocenters. The van der Waals surface area contributed by atoms with Crippen LogP contribution < -0.4 is 4.74 Å². The van der Waals surface area contributed by atoms with Gasteiger partial charge >= 0.3 is 0 Å². The first-order chi connectivity index (χ1) is 14.2. The van der Waals surface area contributed by atoms with Gasteiger partial charge in [0.05, 0.1) is 14.3 Å². The lowest BCUT2D eigenvalue weighted by atomic mass is 9.81. The fourth-order valence-electron chi connectivity index (χ4n) is 3.79. The average Bonchev–Trinajstić information content (AvgIpc) is 2.69. The molecule has 0 radical (unpaired) electrons. The Balaban J connectivity index is 1.70. The lowest BCUT2D eigenvalue weighted by Crippen LogP contribution is -2.34. The normalized spacial score (nSPS) is 19.2. The Hall–Kier alpha value is 0.590. The van der Waals surface area contributed by atoms with Gasteiger partial charge in [-0.1, -0.05) is 0 Å². The first-order valence-electron chi connectivity index (χ1n) is 9.68. The number of carbonyl (C=O) groups excluding carboxylic acids is 1. The van der Waals surface area contributed by atoms with E-state index in [1.807, 2.05) is 12.1 Å². The molecule has 0 saturated heterocycles. The van der Waals surface area contributed by atoms with Gasteiger partial charge in [-0.05, 0) is 160 Å². The van der Waals surface area contributed by atoms with Crippen molar-refractivity contribution in [2.45, 2.75) is 38.1 Å². The number of hydrogen-bond donors (Lipinski definition) is 1. The van der Waals surface area contributed by atoms with Crippen LogP contribution in [0.25, 0.3) is 0 Å². The summed E-state index contributed by atoms with van der Waals surface area (Å²) >= 11 is 8.75. The Kier molecular flexibility index (Phi) is 9.37. The van der Waals surface area contributed by atoms with Crippen LogP contribution in [-0.2, 0) is 11.2 Å². The van der Waals surface area contributed by atoms with Crippen molar-refractivity contribution in [1.82, 2.24) is 4.90 Å². The molecule has 162 valence electrons. The Morgan fingerprint density at radius 1 is 0.967 bits per heavy atom. The summed E-state index contributed by atoms with van der Waals surface area (Å²) in [6.07, 6.45) is 4.69. The van der Waals surface area contributed by atoms with Gasteiger partial charge in [0.15, 0.2) is 5.75 Å². The molecule has 1 fully saturated rings. The van der Waals surface area contributed by atoms with Gasteiger partial charge in [-0.25, -0.2) is 0 Å². The quantitative estimate of drug-likeness (QED) is 0.324. The number of aromatic hydroxyl groups is 1. The average molecular weight is 857 g/mol. The minimum absolute atomic E-state index is 0.189. The number of hydrogen-bond acceptors (Lipinski definition) is 4. The third kappa shape index (κ3) is 6.34. The number of phenolic OH excluding ortho intramolecular Hbond substituents is 1. The van der Waals surface area contributed by atoms with Gasteiger partial charge in [-0.3, -0.25) is 4.79 Å². The van der Waals surface area contributed by atoms with Crippen LogP contribution in [0.3, 0.4) is 0 Å². The van der Waals surface area contributed by atoms with Crippen LogP contribution in [0.2, 0.25) is 0 Å². The van der Waals surface area contributed by atoms with Gasteiger partial charge in [-0.2, -0.15) is 0 Å². The lowest BCUT2D eigenvalue weighted by Gasteiger charge is -2.32. The Bertz CT molecular complexity index is 894. The highest BCUT2D eigenvalue weighted by molar-refractivity contribution is 14.1. The fraction of sp³-hybridized carbons (Fsp3) is 0.409. The minimum atomic E-state index is 0.189. The van der Waals surface area contributed by atoms with Crippen molar-refractivity contribution in [3.63, 3.8) is 0 Å². The number of phenols is 1. The molecule has 1 N–H and O–H groups in total. The van der Waals surface area contributed by atoms with Crippen molar-refractivity contribution >= 4 is 96.1 Å². The van der Waals surface area contributed by atoms with Crippen molar-refractivity contribution in [3.05, 3.63) is 44.1 Å². The van der Waals surface area contributed by atoms with Crippen molar-refractivity contribution in [2.75, 3.05) is 14.1 Å². The van der Waals surface area contributed by atoms with Crippen molar-refractivity contribution in [1.29, 1.82) is 0 Å². The highest BCUT2D eigenvalue weighted by Crippen LogP contribution is 2.37. The van der Waals surface area contributed by atoms with Crippen LogP contribution in [0.1, 0.15) is 31.2 Å². The van der Waals surface area contributed by atoms with E-state index in [1.54, 1.807) is 0 Å². The van der Waals surface area contributed by atoms with Gasteiger partial charge in [0, 0.05) is 18.4 Å². The molecule has 30 heavy (non-hydrogen) atoms. The molecule has 3 rings (SSSR count). The first-order valence-corrected chi connectivity index (χ1v) is 14.0. The third-order valence-electron chi connectivity index (χ3n) is 5.53. The summed E-state index contributed by atoms with van der Waals surface area (Å²) in [4.78, 5) is 15.2. The standard InChI is InChI=1S/C22H23I4NO3/c1-27(2)14-5-3-13(4-6-14)20(28)9-12-7-18(25)22(19(26)8-12)30-15-10-16(23)21(29)17(24)11-15/h7-8,10-11,13-14,29H,3-6,9H2,1-2H3. The highest BCUT2D eigenvalue weighted by Gasteiger charge is 2.27. The SMILES string of the molecule is CN(C)C1CCC(C(=O)Cc2cc(I)c(Oc3cc(I)c(O)c(I)c3)c(I)c2)CC1. The maximum absolute atomic E-state index is 12.9. The third-order valence-corrected chi connectivity index (χ3v) is 8.78. The van der Waals surface area contributed by atoms with Crippen LogP contribution >= 0.6 is 90.4 Å². The summed E-state index contributed by atoms with van der Waals surface area (Å²) < 4.78 is 9.62. The largest absolute Gasteiger partial charge is 0.506 e. The monoisotopic (exact) mass is 857 g/mol. The van der Waals surface area contributed by atoms with E-state index in [0.717, 1.165) is 51.3 Å². The zero-order valence-electron chi connectivity index (χ0n) is 16.7. The number of nitrogens with zero attached hydrogens (tertiary/aromatic N) is 1. The molecule has 1 aliphatic carbocycles. The molecule has 4 nitrogen and oxygen atoms in total. The van der Waals surface area contributed by atoms with E-state index < -0.39 is 0 Å². The topological polar surface area (TPSA) is 49.8 Å². The lowest BCUT2D eigenvalue weighted by molar-refractivity contribution is -0.123. The van der Waals surface area contributed by atoms with E-state index in [-0.39, 0.29) is 11.7 Å². The number of ketones is 1. The number of Topliss-reactive ketones (excluding diaryl/α,β-unsaturated/α-hetero) is 1. The molecule has 0 aromatic heterocycles. The van der Waals surface area contributed by atoms with E-state index in [1.165, 1.54) is 0 Å². The summed E-state index contributed by atoms with van der Waals surface area (Å²) in [7, 11) is 4.25. The number of halogens is 4. The van der Waals surface area contributed by atoms with E-state index in [9.17, 15) is 9.90 Å². The summed E-state index contributed by atoms with van der Waals surface area (Å²) in [6.45, 7) is 0. The minimum Gasteiger partial charge on any atom is -0.506 e. The molecular weight excluding hydrogens is 834 g/mol. The summed E-state index contributed by atoms with van der Waals surface area (Å²) in [5.41, 5.74) is 1.05. The second-order valence-corrected chi connectivity index (χ2v) is 12.5. The number of carbonyl (C=O) groups is 1. The smallest absolute Gasteiger partial charge is 0.154 e. The van der Waals surface area contributed by atoms with E-state index in [4.69, 9.17) is 4.74 Å². The molecule has 0 spiro atoms. The van der Waals surface area contributed by atoms with Crippen LogP contribution in [-0.4, -0.2) is 35.9 Å². The molecule has 0 amide bonds. The second kappa shape index (κ2) is 11.1. The maximum atomic E-state index is 12.9. The molecule has 8 heteroatoms. The molecule has 2 aromatic carbocycles. The van der Waals surface area contributed by atoms with Gasteiger partial charge in [-0.15, -0.1) is 0 Å². The van der Waals surface area contributed by atoms with Crippen molar-refractivity contribution in [3.8, 4) is 17.2 Å². The molecule has 0 aliphatic heterocycles. The molecule has 0 atom stereocenters. The zero-order valence-corrected chi connectivity index (χ0v) is 25.4. The molecule has 1 saturated carbocycles. The highest BCUT2D eigenvalue weighted by atomic mass is 127. The Morgan fingerprint density at radius 3 is 2.00 bits per heavy atom. The molecule has 0 bridgehead atoms. The number of rotatable bonds is 6. The Labute approximate surface area is 232 Å². The van der Waals surface area contributed by atoms with E-state index in [2.05, 4.69) is 121 Å². The summed E-state index contributed by atoms with van der Waals surface area (Å²) in [6, 6.07) is 8.37. The maximum Gasteiger partial charge on any atom is 0.154 e. The Morgan fingerprint density at radius 2 is 1.50 bits per heavy atom. The second-order valence-electron chi connectivity index (χ2n) is 7.84. The van der Waals surface area contributed by atoms with Gasteiger partial charge < -0.3 is 14.7 Å². The molecule has 2 aromatic rings. The zero-order chi connectivity index (χ0) is 22.0. The summed E-state index contributed by atoms with van der Waals surface area (Å²) in [5.74, 6) is 2.31. The predicted octanol–water partition coefficient (Wildman–Crippen LogP) is 6.83. The number of benzene rings is 2. The van der Waals surface area contributed by atoms with Crippen molar-refractivity contribution < 1.29 is 14.6 Å². The molecule has 0 heterocycles. The van der Waals surface area contributed by atoms with Gasteiger partial charge in [0.2, 0.25) is 0 Å². The van der Waals surface area contributed by atoms with Crippen molar-refractivity contribution in [2.24, 2.45) is 5.92 Å². The van der Waals surface area contributed by atoms with E-state index >= 15 is 0 Å². The van der Waals surface area contributed by atoms with Gasteiger partial charge in [0.25, 0.3) is 0 Å². The van der Waals surface area contributed by atoms with Crippen LogP contribution in [0, 0.1) is 20.2 Å². The number of ether oxygens (including phenoxy) is 1. The van der Waals surface area contributed by atoms with Crippen LogP contribution in [0.4, 0.5) is 0 Å². The first kappa shape index (κ1) is 25.2. The van der Waals surface area contributed by atoms with Crippen LogP contribution in [0.5, 0.6) is 17.2 Å². The van der Waals surface area contributed by atoms with E-state index in [0.29, 0.717) is 24.0 Å². The van der Waals surface area contributed by atoms with Gasteiger partial charge in [0.1, 0.15) is 17.3 Å². The van der Waals surface area contributed by atoms with Crippen LogP contribution in [0.15, 0.2) is 24.3 Å².